The number of carbonyl (C=O) groups excluding carboxylic acids is 2. The predicted molar refractivity (Wildman–Crippen MR) is 57.5 cm³/mol. The van der Waals surface area contributed by atoms with Crippen LogP contribution in [0.3, 0.4) is 0 Å². The number of aliphatic hydroxyl groups is 1. The number of hydrogen-bond donors (Lipinski definition) is 1. The third kappa shape index (κ3) is 1.83. The Morgan fingerprint density at radius 2 is 1.67 bits per heavy atom. The Morgan fingerprint density at radius 3 is 2.07 bits per heavy atom. The minimum absolute atomic E-state index is 0.0174. The molecule has 0 bridgehead atoms. The zero-order valence-corrected chi connectivity index (χ0v) is 9.97. The highest BCUT2D eigenvalue weighted by atomic mass is 16.3. The van der Waals surface area contributed by atoms with Gasteiger partial charge in [-0.05, 0) is 13.3 Å². The molecule has 0 aromatic carbocycles. The van der Waals surface area contributed by atoms with E-state index < -0.39 is 10.8 Å². The quantitative estimate of drug-likeness (QED) is 0.676. The first-order chi connectivity index (χ1) is 6.59. The summed E-state index contributed by atoms with van der Waals surface area (Å²) < 4.78 is 0. The summed E-state index contributed by atoms with van der Waals surface area (Å²) in [6.07, 6.45) is 0.557. The fourth-order valence-electron chi connectivity index (χ4n) is 2.38. The van der Waals surface area contributed by atoms with Crippen molar-refractivity contribution in [3.8, 4) is 0 Å². The lowest BCUT2D eigenvalue weighted by Gasteiger charge is -2.39. The van der Waals surface area contributed by atoms with E-state index in [4.69, 9.17) is 0 Å². The predicted octanol–water partition coefficient (Wildman–Crippen LogP) is 2.41. The Labute approximate surface area is 90.2 Å². The third-order valence-electron chi connectivity index (χ3n) is 2.96. The SMILES string of the molecule is CC(=O)C1=C(O)C(C)(C)CC(C)(C)C1=O. The van der Waals surface area contributed by atoms with Crippen LogP contribution < -0.4 is 0 Å². The summed E-state index contributed by atoms with van der Waals surface area (Å²) in [5, 5.41) is 9.91. The van der Waals surface area contributed by atoms with Gasteiger partial charge in [0.2, 0.25) is 0 Å². The number of rotatable bonds is 1. The first-order valence-electron chi connectivity index (χ1n) is 5.09. The normalized spacial score (nSPS) is 24.2. The molecule has 1 rings (SSSR count). The molecule has 0 unspecified atom stereocenters. The Hall–Kier alpha value is -1.12. The lowest BCUT2D eigenvalue weighted by Crippen LogP contribution is -2.40. The molecule has 0 saturated heterocycles. The Bertz CT molecular complexity index is 359. The maximum Gasteiger partial charge on any atom is 0.175 e. The number of ketones is 2. The summed E-state index contributed by atoms with van der Waals surface area (Å²) in [4.78, 5) is 23.3. The first-order valence-corrected chi connectivity index (χ1v) is 5.09. The second-order valence-corrected chi connectivity index (χ2v) is 5.55. The van der Waals surface area contributed by atoms with E-state index in [-0.39, 0.29) is 22.9 Å². The molecule has 84 valence electrons. The van der Waals surface area contributed by atoms with Gasteiger partial charge in [0.1, 0.15) is 5.76 Å². The van der Waals surface area contributed by atoms with Crippen molar-refractivity contribution in [2.24, 2.45) is 10.8 Å². The van der Waals surface area contributed by atoms with Crippen LogP contribution in [-0.2, 0) is 9.59 Å². The molecule has 3 nitrogen and oxygen atoms in total. The van der Waals surface area contributed by atoms with E-state index in [2.05, 4.69) is 0 Å². The topological polar surface area (TPSA) is 54.4 Å². The van der Waals surface area contributed by atoms with Crippen molar-refractivity contribution in [1.82, 2.24) is 0 Å². The Balaban J connectivity index is 3.41. The number of carbonyl (C=O) groups is 2. The van der Waals surface area contributed by atoms with Crippen LogP contribution in [-0.4, -0.2) is 16.7 Å². The molecular formula is C12H18O3. The third-order valence-corrected chi connectivity index (χ3v) is 2.96. The molecule has 0 atom stereocenters. The number of Topliss-reactive ketones (excluding diaryl/α,β-unsaturated/α-hetero) is 2. The molecule has 3 heteroatoms. The maximum atomic E-state index is 11.9. The highest BCUT2D eigenvalue weighted by Crippen LogP contribution is 2.45. The van der Waals surface area contributed by atoms with Gasteiger partial charge in [-0.1, -0.05) is 27.7 Å². The molecule has 0 aromatic rings. The van der Waals surface area contributed by atoms with E-state index in [0.717, 1.165) is 0 Å². The molecule has 1 aliphatic carbocycles. The van der Waals surface area contributed by atoms with Gasteiger partial charge >= 0.3 is 0 Å². The number of allylic oxidation sites excluding steroid dienone is 2. The average molecular weight is 210 g/mol. The number of hydrogen-bond acceptors (Lipinski definition) is 3. The molecule has 0 radical (unpaired) electrons. The summed E-state index contributed by atoms with van der Waals surface area (Å²) in [7, 11) is 0. The summed E-state index contributed by atoms with van der Waals surface area (Å²) in [6, 6.07) is 0. The van der Waals surface area contributed by atoms with Gasteiger partial charge in [-0.2, -0.15) is 0 Å². The highest BCUT2D eigenvalue weighted by molar-refractivity contribution is 6.22. The van der Waals surface area contributed by atoms with Crippen LogP contribution in [0.2, 0.25) is 0 Å². The lowest BCUT2D eigenvalue weighted by molar-refractivity contribution is -0.129. The van der Waals surface area contributed by atoms with Crippen molar-refractivity contribution in [1.29, 1.82) is 0 Å². The molecule has 15 heavy (non-hydrogen) atoms. The van der Waals surface area contributed by atoms with Crippen molar-refractivity contribution in [2.75, 3.05) is 0 Å². The van der Waals surface area contributed by atoms with Crippen LogP contribution in [0, 0.1) is 10.8 Å². The van der Waals surface area contributed by atoms with Gasteiger partial charge in [0, 0.05) is 10.8 Å². The van der Waals surface area contributed by atoms with E-state index in [9.17, 15) is 14.7 Å². The Kier molecular flexibility index (Phi) is 2.54. The summed E-state index contributed by atoms with van der Waals surface area (Å²) in [5.41, 5.74) is -1.09. The first kappa shape index (κ1) is 12.0. The number of aliphatic hydroxyl groups excluding tert-OH is 1. The van der Waals surface area contributed by atoms with Crippen LogP contribution in [0.5, 0.6) is 0 Å². The maximum absolute atomic E-state index is 11.9. The van der Waals surface area contributed by atoms with Gasteiger partial charge in [-0.3, -0.25) is 9.59 Å². The van der Waals surface area contributed by atoms with Crippen molar-refractivity contribution >= 4 is 11.6 Å². The summed E-state index contributed by atoms with van der Waals surface area (Å²) in [6.45, 7) is 8.64. The second kappa shape index (κ2) is 3.19. The zero-order chi connectivity index (χ0) is 12.0. The van der Waals surface area contributed by atoms with Crippen LogP contribution in [0.15, 0.2) is 11.3 Å². The molecule has 1 aliphatic rings. The van der Waals surface area contributed by atoms with E-state index in [0.29, 0.717) is 6.42 Å². The second-order valence-electron chi connectivity index (χ2n) is 5.55. The molecule has 0 saturated carbocycles. The van der Waals surface area contributed by atoms with E-state index in [1.54, 1.807) is 0 Å². The van der Waals surface area contributed by atoms with Gasteiger partial charge in [-0.25, -0.2) is 0 Å². The van der Waals surface area contributed by atoms with Gasteiger partial charge < -0.3 is 5.11 Å². The summed E-state index contributed by atoms with van der Waals surface area (Å²) >= 11 is 0. The minimum atomic E-state index is -0.573. The molecule has 0 aliphatic heterocycles. The largest absolute Gasteiger partial charge is 0.511 e. The Morgan fingerprint density at radius 1 is 1.20 bits per heavy atom. The van der Waals surface area contributed by atoms with Crippen LogP contribution >= 0.6 is 0 Å². The van der Waals surface area contributed by atoms with E-state index in [1.165, 1.54) is 6.92 Å². The van der Waals surface area contributed by atoms with Crippen LogP contribution in [0.4, 0.5) is 0 Å². The van der Waals surface area contributed by atoms with E-state index >= 15 is 0 Å². The van der Waals surface area contributed by atoms with Gasteiger partial charge in [0.25, 0.3) is 0 Å². The minimum Gasteiger partial charge on any atom is -0.511 e. The zero-order valence-electron chi connectivity index (χ0n) is 9.97. The van der Waals surface area contributed by atoms with Gasteiger partial charge in [-0.15, -0.1) is 0 Å². The fourth-order valence-corrected chi connectivity index (χ4v) is 2.38. The molecule has 0 aromatic heterocycles. The molecule has 0 spiro atoms. The molecule has 0 fully saturated rings. The monoisotopic (exact) mass is 210 g/mol. The van der Waals surface area contributed by atoms with Crippen molar-refractivity contribution < 1.29 is 14.7 Å². The average Bonchev–Trinajstić information content (AvgIpc) is 1.99. The molecule has 0 heterocycles. The van der Waals surface area contributed by atoms with Crippen LogP contribution in [0.25, 0.3) is 0 Å². The van der Waals surface area contributed by atoms with Crippen molar-refractivity contribution in [3.63, 3.8) is 0 Å². The van der Waals surface area contributed by atoms with Crippen LogP contribution in [0.1, 0.15) is 41.0 Å². The highest BCUT2D eigenvalue weighted by Gasteiger charge is 2.46. The fraction of sp³-hybridized carbons (Fsp3) is 0.667. The van der Waals surface area contributed by atoms with E-state index in [1.807, 2.05) is 27.7 Å². The van der Waals surface area contributed by atoms with Gasteiger partial charge in [0.15, 0.2) is 11.6 Å². The lowest BCUT2D eigenvalue weighted by atomic mass is 9.64. The summed E-state index contributed by atoms with van der Waals surface area (Å²) in [5.74, 6) is -0.649. The van der Waals surface area contributed by atoms with Gasteiger partial charge in [0.05, 0.1) is 5.57 Å². The molecule has 0 amide bonds. The molecular weight excluding hydrogens is 192 g/mol. The van der Waals surface area contributed by atoms with Crippen molar-refractivity contribution in [3.05, 3.63) is 11.3 Å². The molecule has 1 N–H and O–H groups in total. The smallest absolute Gasteiger partial charge is 0.175 e. The standard InChI is InChI=1S/C12H18O3/c1-7(13)8-9(14)11(2,3)6-12(4,5)10(8)15/h14H,6H2,1-5H3. The van der Waals surface area contributed by atoms with Crippen molar-refractivity contribution in [2.45, 2.75) is 41.0 Å².